The maximum Gasteiger partial charge on any atom is 0.244 e. The first-order valence-corrected chi connectivity index (χ1v) is 7.95. The van der Waals surface area contributed by atoms with Gasteiger partial charge in [0.05, 0.1) is 26.8 Å². The molecule has 1 heterocycles. The molecular weight excluding hydrogens is 357 g/mol. The van der Waals surface area contributed by atoms with Gasteiger partial charge in [-0.2, -0.15) is 0 Å². The second-order valence-corrected chi connectivity index (χ2v) is 6.28. The molecule has 118 valence electrons. The predicted molar refractivity (Wildman–Crippen MR) is 94.6 cm³/mol. The van der Waals surface area contributed by atoms with Crippen LogP contribution in [0.3, 0.4) is 0 Å². The van der Waals surface area contributed by atoms with E-state index in [-0.39, 0.29) is 12.5 Å². The Bertz CT molecular complexity index is 882. The zero-order valence-electron chi connectivity index (χ0n) is 12.1. The van der Waals surface area contributed by atoms with E-state index in [1.807, 2.05) is 35.8 Å². The van der Waals surface area contributed by atoms with Gasteiger partial charge < -0.3 is 9.88 Å². The summed E-state index contributed by atoms with van der Waals surface area (Å²) < 4.78 is 1.84. The number of aryl methyl sites for hydroxylation is 1. The number of halogens is 3. The van der Waals surface area contributed by atoms with Crippen LogP contribution in [0.2, 0.25) is 15.1 Å². The first-order valence-electron chi connectivity index (χ1n) is 6.82. The van der Waals surface area contributed by atoms with Gasteiger partial charge in [-0.05, 0) is 31.2 Å². The molecule has 3 aromatic rings. The fraction of sp³-hybridized carbons (Fsp3) is 0.125. The van der Waals surface area contributed by atoms with Gasteiger partial charge in [-0.1, -0.05) is 46.9 Å². The smallest absolute Gasteiger partial charge is 0.244 e. The van der Waals surface area contributed by atoms with Gasteiger partial charge in [-0.25, -0.2) is 4.98 Å². The summed E-state index contributed by atoms with van der Waals surface area (Å²) in [7, 11) is 0. The highest BCUT2D eigenvalue weighted by Crippen LogP contribution is 2.33. The molecule has 0 bridgehead atoms. The Labute approximate surface area is 148 Å². The number of hydrogen-bond donors (Lipinski definition) is 1. The highest BCUT2D eigenvalue weighted by molar-refractivity contribution is 6.42. The number of hydrogen-bond acceptors (Lipinski definition) is 2. The maximum atomic E-state index is 12.4. The minimum absolute atomic E-state index is 0.113. The number of carbonyl (C=O) groups is 1. The van der Waals surface area contributed by atoms with Crippen LogP contribution < -0.4 is 5.32 Å². The molecule has 1 amide bonds. The minimum Gasteiger partial charge on any atom is -0.322 e. The van der Waals surface area contributed by atoms with Crippen molar-refractivity contribution in [2.24, 2.45) is 0 Å². The van der Waals surface area contributed by atoms with Crippen LogP contribution in [0, 0.1) is 6.92 Å². The lowest BCUT2D eigenvalue weighted by molar-refractivity contribution is -0.116. The molecule has 0 saturated heterocycles. The minimum atomic E-state index is -0.248. The first kappa shape index (κ1) is 16.1. The summed E-state index contributed by atoms with van der Waals surface area (Å²) in [6.07, 6.45) is 0. The molecule has 2 aromatic carbocycles. The van der Waals surface area contributed by atoms with Gasteiger partial charge in [0, 0.05) is 5.02 Å². The lowest BCUT2D eigenvalue weighted by atomic mass is 10.3. The van der Waals surface area contributed by atoms with E-state index in [4.69, 9.17) is 34.8 Å². The molecule has 0 aliphatic rings. The van der Waals surface area contributed by atoms with E-state index in [0.717, 1.165) is 16.9 Å². The number of carbonyl (C=O) groups excluding carboxylic acids is 1. The predicted octanol–water partition coefficient (Wildman–Crippen LogP) is 4.94. The summed E-state index contributed by atoms with van der Waals surface area (Å²) in [5.74, 6) is 0.511. The van der Waals surface area contributed by atoms with Crippen molar-refractivity contribution < 1.29 is 4.79 Å². The summed E-state index contributed by atoms with van der Waals surface area (Å²) >= 11 is 18.0. The third kappa shape index (κ3) is 3.29. The largest absolute Gasteiger partial charge is 0.322 e. The van der Waals surface area contributed by atoms with Gasteiger partial charge in [0.2, 0.25) is 5.91 Å². The van der Waals surface area contributed by atoms with E-state index in [1.54, 1.807) is 0 Å². The fourth-order valence-electron chi connectivity index (χ4n) is 2.38. The molecule has 23 heavy (non-hydrogen) atoms. The number of imidazole rings is 1. The normalized spacial score (nSPS) is 11.0. The van der Waals surface area contributed by atoms with E-state index in [1.165, 1.54) is 12.1 Å². The standard InChI is InChI=1S/C16H12Cl3N3O/c1-9-20-13-4-2-3-5-14(13)22(9)8-15(23)21-16-11(18)6-10(17)7-12(16)19/h2-7H,8H2,1H3,(H,21,23). The van der Waals surface area contributed by atoms with Gasteiger partial charge >= 0.3 is 0 Å². The number of para-hydroxylation sites is 2. The van der Waals surface area contributed by atoms with E-state index < -0.39 is 0 Å². The molecule has 0 fully saturated rings. The van der Waals surface area contributed by atoms with Crippen molar-refractivity contribution in [2.75, 3.05) is 5.32 Å². The molecule has 1 N–H and O–H groups in total. The molecule has 0 unspecified atom stereocenters. The Morgan fingerprint density at radius 3 is 2.52 bits per heavy atom. The van der Waals surface area contributed by atoms with Crippen LogP contribution in [0.4, 0.5) is 5.69 Å². The van der Waals surface area contributed by atoms with Crippen LogP contribution in [0.15, 0.2) is 36.4 Å². The van der Waals surface area contributed by atoms with Crippen molar-refractivity contribution >= 4 is 57.4 Å². The monoisotopic (exact) mass is 367 g/mol. The van der Waals surface area contributed by atoms with Crippen LogP contribution >= 0.6 is 34.8 Å². The van der Waals surface area contributed by atoms with E-state index in [0.29, 0.717) is 20.8 Å². The van der Waals surface area contributed by atoms with Crippen LogP contribution in [0.25, 0.3) is 11.0 Å². The third-order valence-corrected chi connectivity index (χ3v) is 4.23. The van der Waals surface area contributed by atoms with Gasteiger partial charge in [0.1, 0.15) is 12.4 Å². The van der Waals surface area contributed by atoms with E-state index in [2.05, 4.69) is 10.3 Å². The van der Waals surface area contributed by atoms with Crippen molar-refractivity contribution in [3.63, 3.8) is 0 Å². The molecule has 4 nitrogen and oxygen atoms in total. The lowest BCUT2D eigenvalue weighted by Crippen LogP contribution is -2.19. The van der Waals surface area contributed by atoms with Crippen LogP contribution in [0.5, 0.6) is 0 Å². The van der Waals surface area contributed by atoms with Crippen molar-refractivity contribution in [2.45, 2.75) is 13.5 Å². The number of anilines is 1. The number of rotatable bonds is 3. The first-order chi connectivity index (χ1) is 11.0. The fourth-order valence-corrected chi connectivity index (χ4v) is 3.29. The van der Waals surface area contributed by atoms with E-state index >= 15 is 0 Å². The lowest BCUT2D eigenvalue weighted by Gasteiger charge is -2.11. The van der Waals surface area contributed by atoms with Gasteiger partial charge in [-0.15, -0.1) is 0 Å². The maximum absolute atomic E-state index is 12.4. The zero-order chi connectivity index (χ0) is 16.6. The SMILES string of the molecule is Cc1nc2ccccc2n1CC(=O)Nc1c(Cl)cc(Cl)cc1Cl. The van der Waals surface area contributed by atoms with Crippen LogP contribution in [0.1, 0.15) is 5.82 Å². The van der Waals surface area contributed by atoms with Crippen molar-refractivity contribution in [1.82, 2.24) is 9.55 Å². The molecule has 3 rings (SSSR count). The number of fused-ring (bicyclic) bond motifs is 1. The summed E-state index contributed by atoms with van der Waals surface area (Å²) in [4.78, 5) is 16.8. The van der Waals surface area contributed by atoms with Gasteiger partial charge in [0.25, 0.3) is 0 Å². The summed E-state index contributed by atoms with van der Waals surface area (Å²) in [5, 5.41) is 3.73. The molecule has 0 saturated carbocycles. The number of aromatic nitrogens is 2. The highest BCUT2D eigenvalue weighted by Gasteiger charge is 2.14. The molecule has 0 aliphatic heterocycles. The quantitative estimate of drug-likeness (QED) is 0.711. The summed E-state index contributed by atoms with van der Waals surface area (Å²) in [5.41, 5.74) is 2.10. The van der Waals surface area contributed by atoms with Gasteiger partial charge in [0.15, 0.2) is 0 Å². The highest BCUT2D eigenvalue weighted by atomic mass is 35.5. The Hall–Kier alpha value is -1.75. The molecule has 1 aromatic heterocycles. The zero-order valence-corrected chi connectivity index (χ0v) is 14.4. The van der Waals surface area contributed by atoms with E-state index in [9.17, 15) is 4.79 Å². The average Bonchev–Trinajstić information content (AvgIpc) is 2.79. The second kappa shape index (κ2) is 6.40. The number of benzene rings is 2. The Morgan fingerprint density at radius 2 is 1.83 bits per heavy atom. The third-order valence-electron chi connectivity index (χ3n) is 3.42. The number of nitrogens with zero attached hydrogens (tertiary/aromatic N) is 2. The number of nitrogens with one attached hydrogen (secondary N) is 1. The molecule has 0 atom stereocenters. The average molecular weight is 369 g/mol. The summed E-state index contributed by atoms with van der Waals surface area (Å²) in [6, 6.07) is 10.7. The molecule has 7 heteroatoms. The Kier molecular flexibility index (Phi) is 4.48. The van der Waals surface area contributed by atoms with Crippen molar-refractivity contribution in [3.8, 4) is 0 Å². The van der Waals surface area contributed by atoms with Crippen LogP contribution in [-0.4, -0.2) is 15.5 Å². The molecule has 0 aliphatic carbocycles. The summed E-state index contributed by atoms with van der Waals surface area (Å²) in [6.45, 7) is 1.97. The van der Waals surface area contributed by atoms with Crippen LogP contribution in [-0.2, 0) is 11.3 Å². The molecule has 0 spiro atoms. The van der Waals surface area contributed by atoms with Crippen molar-refractivity contribution in [3.05, 3.63) is 57.3 Å². The number of amides is 1. The molecular formula is C16H12Cl3N3O. The van der Waals surface area contributed by atoms with Gasteiger partial charge in [-0.3, -0.25) is 4.79 Å². The Morgan fingerprint density at radius 1 is 1.17 bits per heavy atom. The Balaban J connectivity index is 1.86. The molecule has 0 radical (unpaired) electrons. The van der Waals surface area contributed by atoms with Crippen molar-refractivity contribution in [1.29, 1.82) is 0 Å². The topological polar surface area (TPSA) is 46.9 Å². The second-order valence-electron chi connectivity index (χ2n) is 5.03.